The van der Waals surface area contributed by atoms with Gasteiger partial charge in [0.2, 0.25) is 0 Å². The molecule has 20 heavy (non-hydrogen) atoms. The van der Waals surface area contributed by atoms with Gasteiger partial charge in [-0.25, -0.2) is 4.79 Å². The van der Waals surface area contributed by atoms with Gasteiger partial charge in [0.05, 0.1) is 6.10 Å². The maximum absolute atomic E-state index is 11.9. The summed E-state index contributed by atoms with van der Waals surface area (Å²) >= 11 is 0. The lowest BCUT2D eigenvalue weighted by molar-refractivity contribution is 0.190. The Morgan fingerprint density at radius 2 is 1.80 bits per heavy atom. The quantitative estimate of drug-likeness (QED) is 0.918. The first-order valence-electron chi connectivity index (χ1n) is 6.83. The molecule has 2 amide bonds. The van der Waals surface area contributed by atoms with Crippen LogP contribution in [0.5, 0.6) is 5.75 Å². The molecule has 0 spiro atoms. The van der Waals surface area contributed by atoms with Crippen LogP contribution in [0.3, 0.4) is 0 Å². The van der Waals surface area contributed by atoms with Gasteiger partial charge in [-0.1, -0.05) is 12.1 Å². The molecule has 5 heteroatoms. The summed E-state index contributed by atoms with van der Waals surface area (Å²) in [7, 11) is 0. The molecule has 0 aromatic heterocycles. The third-order valence-corrected chi connectivity index (χ3v) is 3.13. The van der Waals surface area contributed by atoms with Crippen LogP contribution in [0.25, 0.3) is 0 Å². The fraction of sp³-hybridized carbons (Fsp3) is 0.467. The van der Waals surface area contributed by atoms with Gasteiger partial charge < -0.3 is 15.4 Å². The van der Waals surface area contributed by atoms with Crippen LogP contribution in [0, 0.1) is 0 Å². The first-order valence-corrected chi connectivity index (χ1v) is 6.83. The zero-order valence-electron chi connectivity index (χ0n) is 12.3. The fourth-order valence-electron chi connectivity index (χ4n) is 2.33. The highest BCUT2D eigenvalue weighted by atomic mass is 16.5. The van der Waals surface area contributed by atoms with Crippen LogP contribution in [-0.4, -0.2) is 28.9 Å². The fourth-order valence-corrected chi connectivity index (χ4v) is 2.33. The molecule has 0 fully saturated rings. The lowest BCUT2D eigenvalue weighted by atomic mass is 10.0. The van der Waals surface area contributed by atoms with Crippen LogP contribution in [0.2, 0.25) is 0 Å². The summed E-state index contributed by atoms with van der Waals surface area (Å²) in [6.45, 7) is 7.87. The molecular formula is C15H21N3O2. The molecule has 0 saturated carbocycles. The number of rotatable bonds is 4. The molecule has 2 N–H and O–H groups in total. The second-order valence-corrected chi connectivity index (χ2v) is 5.46. The molecule has 5 nitrogen and oxygen atoms in total. The predicted octanol–water partition coefficient (Wildman–Crippen LogP) is 2.72. The van der Waals surface area contributed by atoms with Crippen molar-refractivity contribution in [1.29, 1.82) is 0 Å². The molecule has 2 rings (SSSR count). The third-order valence-electron chi connectivity index (χ3n) is 3.13. The van der Waals surface area contributed by atoms with Crippen LogP contribution in [0.1, 0.15) is 39.3 Å². The maximum atomic E-state index is 11.9. The van der Waals surface area contributed by atoms with Crippen LogP contribution in [-0.2, 0) is 0 Å². The number of ether oxygens (including phenoxy) is 1. The summed E-state index contributed by atoms with van der Waals surface area (Å²) in [6, 6.07) is 7.13. The summed E-state index contributed by atoms with van der Waals surface area (Å²) in [5.41, 5.74) is 6.85. The van der Waals surface area contributed by atoms with E-state index in [4.69, 9.17) is 10.5 Å². The van der Waals surface area contributed by atoms with E-state index in [1.807, 2.05) is 52.0 Å². The van der Waals surface area contributed by atoms with Crippen molar-refractivity contribution in [3.8, 4) is 5.75 Å². The summed E-state index contributed by atoms with van der Waals surface area (Å²) in [5.74, 6) is 1.15. The highest BCUT2D eigenvalue weighted by molar-refractivity contribution is 6.03. The first kappa shape index (κ1) is 14.4. The van der Waals surface area contributed by atoms with Crippen molar-refractivity contribution < 1.29 is 9.53 Å². The summed E-state index contributed by atoms with van der Waals surface area (Å²) in [6.07, 6.45) is 0.132. The van der Waals surface area contributed by atoms with Crippen molar-refractivity contribution in [3.63, 3.8) is 0 Å². The van der Waals surface area contributed by atoms with Gasteiger partial charge in [-0.05, 0) is 45.4 Å². The van der Waals surface area contributed by atoms with Gasteiger partial charge in [-0.2, -0.15) is 4.99 Å². The van der Waals surface area contributed by atoms with E-state index >= 15 is 0 Å². The van der Waals surface area contributed by atoms with Gasteiger partial charge in [0, 0.05) is 6.04 Å². The smallest absolute Gasteiger partial charge is 0.346 e. The molecule has 1 atom stereocenters. The van der Waals surface area contributed by atoms with Crippen molar-refractivity contribution in [2.45, 2.75) is 45.9 Å². The van der Waals surface area contributed by atoms with E-state index in [0.29, 0.717) is 5.84 Å². The Labute approximate surface area is 119 Å². The van der Waals surface area contributed by atoms with Crippen LogP contribution >= 0.6 is 0 Å². The SMILES string of the molecule is CC(C)Oc1ccc(C2C(N)=NC(=O)N2C(C)C)cc1. The van der Waals surface area contributed by atoms with Gasteiger partial charge in [0.15, 0.2) is 0 Å². The average molecular weight is 275 g/mol. The Morgan fingerprint density at radius 1 is 1.20 bits per heavy atom. The molecular weight excluding hydrogens is 254 g/mol. The number of aliphatic imine (C=N–C) groups is 1. The second kappa shape index (κ2) is 5.53. The van der Waals surface area contributed by atoms with E-state index in [0.717, 1.165) is 11.3 Å². The van der Waals surface area contributed by atoms with Gasteiger partial charge >= 0.3 is 6.03 Å². The van der Waals surface area contributed by atoms with Crippen molar-refractivity contribution in [2.24, 2.45) is 10.7 Å². The Hall–Kier alpha value is -2.04. The topological polar surface area (TPSA) is 67.9 Å². The van der Waals surface area contributed by atoms with Gasteiger partial charge in [0.1, 0.15) is 17.6 Å². The molecule has 1 unspecified atom stereocenters. The minimum Gasteiger partial charge on any atom is -0.491 e. The zero-order chi connectivity index (χ0) is 14.9. The number of amides is 2. The van der Waals surface area contributed by atoms with Crippen LogP contribution in [0.4, 0.5) is 4.79 Å². The average Bonchev–Trinajstić information content (AvgIpc) is 2.64. The molecule has 1 aromatic rings. The van der Waals surface area contributed by atoms with Crippen molar-refractivity contribution in [1.82, 2.24) is 4.90 Å². The van der Waals surface area contributed by atoms with Gasteiger partial charge in [0.25, 0.3) is 0 Å². The largest absolute Gasteiger partial charge is 0.491 e. The van der Waals surface area contributed by atoms with E-state index in [9.17, 15) is 4.79 Å². The molecule has 0 saturated heterocycles. The minimum atomic E-state index is -0.282. The molecule has 108 valence electrons. The number of hydrogen-bond donors (Lipinski definition) is 1. The summed E-state index contributed by atoms with van der Waals surface area (Å²) in [4.78, 5) is 17.4. The lowest BCUT2D eigenvalue weighted by Gasteiger charge is -2.28. The molecule has 0 radical (unpaired) electrons. The van der Waals surface area contributed by atoms with Gasteiger partial charge in [-0.3, -0.25) is 0 Å². The first-order chi connectivity index (χ1) is 9.40. The van der Waals surface area contributed by atoms with Crippen molar-refractivity contribution in [2.75, 3.05) is 0 Å². The maximum Gasteiger partial charge on any atom is 0.346 e. The zero-order valence-corrected chi connectivity index (χ0v) is 12.3. The standard InChI is InChI=1S/C15H21N3O2/c1-9(2)18-13(14(16)17-15(18)19)11-5-7-12(8-6-11)20-10(3)4/h5-10,13H,1-4H3,(H2,16,17,19). The molecule has 1 aliphatic rings. The number of carbonyl (C=O) groups excluding carboxylic acids is 1. The van der Waals surface area contributed by atoms with Crippen molar-refractivity contribution >= 4 is 11.9 Å². The van der Waals surface area contributed by atoms with Gasteiger partial charge in [-0.15, -0.1) is 0 Å². The van der Waals surface area contributed by atoms with E-state index in [1.54, 1.807) is 4.90 Å². The molecule has 1 heterocycles. The number of amidine groups is 1. The molecule has 1 aromatic carbocycles. The normalized spacial score (nSPS) is 18.9. The van der Waals surface area contributed by atoms with E-state index in [2.05, 4.69) is 4.99 Å². The van der Waals surface area contributed by atoms with Crippen molar-refractivity contribution in [3.05, 3.63) is 29.8 Å². The third kappa shape index (κ3) is 2.76. The number of nitrogens with two attached hydrogens (primary N) is 1. The second-order valence-electron chi connectivity index (χ2n) is 5.46. The molecule has 0 bridgehead atoms. The molecule has 0 aliphatic carbocycles. The number of urea groups is 1. The Kier molecular flexibility index (Phi) is 3.97. The Balaban J connectivity index is 2.26. The lowest BCUT2D eigenvalue weighted by Crippen LogP contribution is -2.38. The summed E-state index contributed by atoms with van der Waals surface area (Å²) < 4.78 is 5.61. The Bertz CT molecular complexity index is 520. The number of hydrogen-bond acceptors (Lipinski definition) is 3. The predicted molar refractivity (Wildman–Crippen MR) is 78.9 cm³/mol. The number of benzene rings is 1. The molecule has 1 aliphatic heterocycles. The Morgan fingerprint density at radius 3 is 2.30 bits per heavy atom. The number of carbonyl (C=O) groups is 1. The van der Waals surface area contributed by atoms with E-state index in [1.165, 1.54) is 0 Å². The van der Waals surface area contributed by atoms with E-state index in [-0.39, 0.29) is 24.2 Å². The van der Waals surface area contributed by atoms with Crippen LogP contribution < -0.4 is 10.5 Å². The monoisotopic (exact) mass is 275 g/mol. The minimum absolute atomic E-state index is 0.0453. The van der Waals surface area contributed by atoms with Crippen LogP contribution in [0.15, 0.2) is 29.3 Å². The highest BCUT2D eigenvalue weighted by Gasteiger charge is 2.36. The summed E-state index contributed by atoms with van der Waals surface area (Å²) in [5, 5.41) is 0. The number of nitrogens with zero attached hydrogens (tertiary/aromatic N) is 2. The van der Waals surface area contributed by atoms with E-state index < -0.39 is 0 Å². The highest BCUT2D eigenvalue weighted by Crippen LogP contribution is 2.30.